The van der Waals surface area contributed by atoms with Gasteiger partial charge in [-0.1, -0.05) is 0 Å². The number of ketones is 1. The molecule has 1 fully saturated rings. The van der Waals surface area contributed by atoms with E-state index in [1.807, 2.05) is 4.90 Å². The maximum atomic E-state index is 11.3. The van der Waals surface area contributed by atoms with Crippen LogP contribution >= 0.6 is 0 Å². The number of rotatable bonds is 3. The predicted molar refractivity (Wildman–Crippen MR) is 45.7 cm³/mol. The van der Waals surface area contributed by atoms with Crippen molar-refractivity contribution in [1.29, 1.82) is 0 Å². The van der Waals surface area contributed by atoms with E-state index in [0.717, 1.165) is 25.9 Å². The molecule has 1 amide bonds. The smallest absolute Gasteiger partial charge is 0.223 e. The van der Waals surface area contributed by atoms with Gasteiger partial charge in [0.2, 0.25) is 5.91 Å². The van der Waals surface area contributed by atoms with E-state index in [2.05, 4.69) is 0 Å². The van der Waals surface area contributed by atoms with Gasteiger partial charge in [-0.25, -0.2) is 0 Å². The molecule has 1 heterocycles. The molecule has 0 atom stereocenters. The monoisotopic (exact) mass is 169 g/mol. The first kappa shape index (κ1) is 9.23. The van der Waals surface area contributed by atoms with Crippen LogP contribution in [0.5, 0.6) is 0 Å². The first-order valence-corrected chi connectivity index (χ1v) is 4.47. The van der Waals surface area contributed by atoms with E-state index in [9.17, 15) is 9.59 Å². The Morgan fingerprint density at radius 2 is 1.75 bits per heavy atom. The summed E-state index contributed by atoms with van der Waals surface area (Å²) < 4.78 is 0. The van der Waals surface area contributed by atoms with Crippen molar-refractivity contribution in [2.75, 3.05) is 13.1 Å². The Morgan fingerprint density at radius 1 is 1.17 bits per heavy atom. The Kier molecular flexibility index (Phi) is 3.26. The van der Waals surface area contributed by atoms with Crippen molar-refractivity contribution in [3.63, 3.8) is 0 Å². The molecular formula is C9H15NO2. The molecule has 1 rings (SSSR count). The van der Waals surface area contributed by atoms with E-state index in [0.29, 0.717) is 12.8 Å². The fraction of sp³-hybridized carbons (Fsp3) is 0.778. The third-order valence-corrected chi connectivity index (χ3v) is 2.15. The quantitative estimate of drug-likeness (QED) is 0.631. The summed E-state index contributed by atoms with van der Waals surface area (Å²) in [7, 11) is 0. The van der Waals surface area contributed by atoms with Crippen LogP contribution in [-0.4, -0.2) is 29.7 Å². The highest BCUT2D eigenvalue weighted by molar-refractivity contribution is 5.83. The molecule has 3 heteroatoms. The Hall–Kier alpha value is -0.860. The molecule has 0 unspecified atom stereocenters. The molecule has 3 nitrogen and oxygen atoms in total. The number of hydrogen-bond acceptors (Lipinski definition) is 2. The maximum Gasteiger partial charge on any atom is 0.223 e. The second-order valence-corrected chi connectivity index (χ2v) is 3.29. The lowest BCUT2D eigenvalue weighted by molar-refractivity contribution is -0.132. The van der Waals surface area contributed by atoms with Crippen LogP contribution in [0.25, 0.3) is 0 Å². The molecule has 0 radical (unpaired) electrons. The molecule has 0 aromatic rings. The minimum atomic E-state index is 0.0996. The van der Waals surface area contributed by atoms with Crippen molar-refractivity contribution < 1.29 is 9.59 Å². The molecule has 1 aliphatic heterocycles. The van der Waals surface area contributed by atoms with Crippen molar-refractivity contribution >= 4 is 11.7 Å². The van der Waals surface area contributed by atoms with Gasteiger partial charge in [-0.2, -0.15) is 0 Å². The lowest BCUT2D eigenvalue weighted by Crippen LogP contribution is -2.27. The van der Waals surface area contributed by atoms with E-state index >= 15 is 0 Å². The van der Waals surface area contributed by atoms with Gasteiger partial charge >= 0.3 is 0 Å². The highest BCUT2D eigenvalue weighted by Gasteiger charge is 2.17. The van der Waals surface area contributed by atoms with Gasteiger partial charge in [-0.3, -0.25) is 4.79 Å². The van der Waals surface area contributed by atoms with Gasteiger partial charge in [0, 0.05) is 25.9 Å². The van der Waals surface area contributed by atoms with Gasteiger partial charge in [0.15, 0.2) is 0 Å². The number of nitrogens with zero attached hydrogens (tertiary/aromatic N) is 1. The first-order valence-electron chi connectivity index (χ1n) is 4.47. The first-order chi connectivity index (χ1) is 5.70. The number of likely N-dealkylation sites (tertiary alicyclic amines) is 1. The zero-order chi connectivity index (χ0) is 8.97. The van der Waals surface area contributed by atoms with E-state index in [4.69, 9.17) is 0 Å². The van der Waals surface area contributed by atoms with Crippen LogP contribution in [0.4, 0.5) is 0 Å². The second-order valence-electron chi connectivity index (χ2n) is 3.29. The Morgan fingerprint density at radius 3 is 2.25 bits per heavy atom. The van der Waals surface area contributed by atoms with Crippen LogP contribution in [0.1, 0.15) is 32.6 Å². The van der Waals surface area contributed by atoms with Crippen LogP contribution < -0.4 is 0 Å². The molecule has 0 aliphatic carbocycles. The molecular weight excluding hydrogens is 154 g/mol. The van der Waals surface area contributed by atoms with Gasteiger partial charge in [-0.15, -0.1) is 0 Å². The molecule has 1 aliphatic rings. The van der Waals surface area contributed by atoms with Crippen molar-refractivity contribution in [3.8, 4) is 0 Å². The molecule has 12 heavy (non-hydrogen) atoms. The summed E-state index contributed by atoms with van der Waals surface area (Å²) >= 11 is 0. The number of amides is 1. The normalized spacial score (nSPS) is 16.6. The number of hydrogen-bond donors (Lipinski definition) is 0. The van der Waals surface area contributed by atoms with Crippen LogP contribution in [0, 0.1) is 0 Å². The summed E-state index contributed by atoms with van der Waals surface area (Å²) in [4.78, 5) is 23.8. The van der Waals surface area contributed by atoms with Crippen LogP contribution in [0.15, 0.2) is 0 Å². The Labute approximate surface area is 72.7 Å². The van der Waals surface area contributed by atoms with E-state index < -0.39 is 0 Å². The predicted octanol–water partition coefficient (Wildman–Crippen LogP) is 0.978. The zero-order valence-corrected chi connectivity index (χ0v) is 7.51. The summed E-state index contributed by atoms with van der Waals surface area (Å²) in [6, 6.07) is 0. The molecule has 68 valence electrons. The fourth-order valence-corrected chi connectivity index (χ4v) is 1.41. The number of carbonyl (C=O) groups excluding carboxylic acids is 2. The molecule has 0 aromatic carbocycles. The summed E-state index contributed by atoms with van der Waals surface area (Å²) in [6.45, 7) is 3.30. The lowest BCUT2D eigenvalue weighted by atomic mass is 10.2. The van der Waals surface area contributed by atoms with Gasteiger partial charge < -0.3 is 9.69 Å². The van der Waals surface area contributed by atoms with E-state index in [-0.39, 0.29) is 11.7 Å². The summed E-state index contributed by atoms with van der Waals surface area (Å²) in [5, 5.41) is 0. The van der Waals surface area contributed by atoms with Crippen LogP contribution in [0.2, 0.25) is 0 Å². The van der Waals surface area contributed by atoms with E-state index in [1.54, 1.807) is 0 Å². The van der Waals surface area contributed by atoms with Gasteiger partial charge in [-0.05, 0) is 19.8 Å². The minimum absolute atomic E-state index is 0.0996. The number of Topliss-reactive ketones (excluding diaryl/α,β-unsaturated/α-hetero) is 1. The van der Waals surface area contributed by atoms with Crippen molar-refractivity contribution in [1.82, 2.24) is 4.90 Å². The van der Waals surface area contributed by atoms with Crippen LogP contribution in [0.3, 0.4) is 0 Å². The molecule has 0 spiro atoms. The topological polar surface area (TPSA) is 37.4 Å². The van der Waals surface area contributed by atoms with Gasteiger partial charge in [0.1, 0.15) is 5.78 Å². The SMILES string of the molecule is CC(=O)CCC(=O)N1CCCC1. The summed E-state index contributed by atoms with van der Waals surface area (Å²) in [5.41, 5.74) is 0. The fourth-order valence-electron chi connectivity index (χ4n) is 1.41. The third kappa shape index (κ3) is 2.64. The summed E-state index contributed by atoms with van der Waals surface area (Å²) in [6.07, 6.45) is 3.03. The van der Waals surface area contributed by atoms with Crippen molar-refractivity contribution in [2.45, 2.75) is 32.6 Å². The highest BCUT2D eigenvalue weighted by Crippen LogP contribution is 2.09. The Bertz CT molecular complexity index is 183. The zero-order valence-electron chi connectivity index (χ0n) is 7.51. The van der Waals surface area contributed by atoms with Gasteiger partial charge in [0.25, 0.3) is 0 Å². The van der Waals surface area contributed by atoms with Crippen LogP contribution in [-0.2, 0) is 9.59 Å². The maximum absolute atomic E-state index is 11.3. The number of carbonyl (C=O) groups is 2. The minimum Gasteiger partial charge on any atom is -0.343 e. The summed E-state index contributed by atoms with van der Waals surface area (Å²) in [5.74, 6) is 0.241. The third-order valence-electron chi connectivity index (χ3n) is 2.15. The molecule has 0 aromatic heterocycles. The average molecular weight is 169 g/mol. The highest BCUT2D eigenvalue weighted by atomic mass is 16.2. The lowest BCUT2D eigenvalue weighted by Gasteiger charge is -2.13. The molecule has 0 bridgehead atoms. The Balaban J connectivity index is 2.23. The standard InChI is InChI=1S/C9H15NO2/c1-8(11)4-5-9(12)10-6-2-3-7-10/h2-7H2,1H3. The van der Waals surface area contributed by atoms with Crippen molar-refractivity contribution in [3.05, 3.63) is 0 Å². The van der Waals surface area contributed by atoms with Gasteiger partial charge in [0.05, 0.1) is 0 Å². The molecule has 1 saturated heterocycles. The van der Waals surface area contributed by atoms with E-state index in [1.165, 1.54) is 6.92 Å². The average Bonchev–Trinajstić information content (AvgIpc) is 2.51. The molecule has 0 saturated carbocycles. The second kappa shape index (κ2) is 4.24. The molecule has 0 N–H and O–H groups in total. The largest absolute Gasteiger partial charge is 0.343 e. The van der Waals surface area contributed by atoms with Crippen molar-refractivity contribution in [2.24, 2.45) is 0 Å².